The van der Waals surface area contributed by atoms with Gasteiger partial charge < -0.3 is 9.47 Å². The van der Waals surface area contributed by atoms with E-state index in [0.29, 0.717) is 23.0 Å². The number of pyridine rings is 1. The number of carbonyl (C=O) groups excluding carboxylic acids is 1. The number of halogens is 1. The van der Waals surface area contributed by atoms with E-state index in [9.17, 15) is 9.59 Å². The first-order chi connectivity index (χ1) is 14.0. The van der Waals surface area contributed by atoms with Crippen LogP contribution in [0.5, 0.6) is 5.75 Å². The van der Waals surface area contributed by atoms with E-state index in [0.717, 1.165) is 22.4 Å². The van der Waals surface area contributed by atoms with Crippen molar-refractivity contribution in [1.29, 1.82) is 0 Å². The Morgan fingerprint density at radius 1 is 1.31 bits per heavy atom. The van der Waals surface area contributed by atoms with E-state index in [1.807, 2.05) is 25.1 Å². The van der Waals surface area contributed by atoms with Crippen molar-refractivity contribution in [3.63, 3.8) is 0 Å². The maximum absolute atomic E-state index is 12.2. The normalized spacial score (nSPS) is 13.1. The van der Waals surface area contributed by atoms with Gasteiger partial charge in [-0.25, -0.2) is 9.78 Å². The van der Waals surface area contributed by atoms with Gasteiger partial charge in [-0.15, -0.1) is 0 Å². The summed E-state index contributed by atoms with van der Waals surface area (Å²) >= 11 is 6.00. The lowest BCUT2D eigenvalue weighted by Crippen LogP contribution is -2.16. The Hall–Kier alpha value is -3.38. The number of benzene rings is 1. The van der Waals surface area contributed by atoms with Crippen molar-refractivity contribution in [2.24, 2.45) is 0 Å². The maximum atomic E-state index is 12.2. The first-order valence-electron chi connectivity index (χ1n) is 8.95. The summed E-state index contributed by atoms with van der Waals surface area (Å²) in [6.07, 6.45) is 6.58. The van der Waals surface area contributed by atoms with Gasteiger partial charge in [0.25, 0.3) is 5.56 Å². The topological polar surface area (TPSA) is 69.9 Å². The zero-order chi connectivity index (χ0) is 20.4. The quantitative estimate of drug-likeness (QED) is 0.486. The Balaban J connectivity index is 1.42. The van der Waals surface area contributed by atoms with Gasteiger partial charge >= 0.3 is 5.97 Å². The molecule has 0 saturated carbocycles. The number of aryl methyl sites for hydroxylation is 1. The van der Waals surface area contributed by atoms with Crippen LogP contribution < -0.4 is 10.3 Å². The molecule has 7 heteroatoms. The zero-order valence-electron chi connectivity index (χ0n) is 15.6. The molecule has 0 radical (unpaired) electrons. The van der Waals surface area contributed by atoms with Crippen LogP contribution in [0, 0.1) is 6.92 Å². The fourth-order valence-electron chi connectivity index (χ4n) is 2.96. The second kappa shape index (κ2) is 7.93. The van der Waals surface area contributed by atoms with Crippen LogP contribution in [0.2, 0.25) is 5.02 Å². The number of ether oxygens (including phenoxy) is 2. The minimum atomic E-state index is -0.534. The highest BCUT2D eigenvalue weighted by Gasteiger charge is 2.11. The fraction of sp³-hybridized carbons (Fsp3) is 0.136. The third-order valence-corrected chi connectivity index (χ3v) is 4.60. The summed E-state index contributed by atoms with van der Waals surface area (Å²) in [6.45, 7) is 2.16. The van der Waals surface area contributed by atoms with Gasteiger partial charge in [-0.3, -0.25) is 9.20 Å². The Morgan fingerprint density at radius 2 is 2.17 bits per heavy atom. The van der Waals surface area contributed by atoms with Gasteiger partial charge in [0.15, 0.2) is 0 Å². The molecule has 0 N–H and O–H groups in total. The molecule has 0 saturated heterocycles. The molecule has 3 heterocycles. The summed E-state index contributed by atoms with van der Waals surface area (Å²) in [6, 6.07) is 10.4. The van der Waals surface area contributed by atoms with Crippen LogP contribution in [0.15, 0.2) is 65.1 Å². The average Bonchev–Trinajstić information content (AvgIpc) is 2.71. The highest BCUT2D eigenvalue weighted by molar-refractivity contribution is 6.30. The lowest BCUT2D eigenvalue weighted by molar-refractivity contribution is -0.139. The first-order valence-corrected chi connectivity index (χ1v) is 9.32. The number of fused-ring (bicyclic) bond motifs is 2. The van der Waals surface area contributed by atoms with Gasteiger partial charge in [-0.05, 0) is 54.5 Å². The summed E-state index contributed by atoms with van der Waals surface area (Å²) in [4.78, 5) is 28.6. The molecule has 0 spiro atoms. The average molecular weight is 409 g/mol. The van der Waals surface area contributed by atoms with Crippen LogP contribution in [0.3, 0.4) is 0 Å². The third kappa shape index (κ3) is 4.38. The van der Waals surface area contributed by atoms with Crippen LogP contribution in [-0.2, 0) is 16.1 Å². The van der Waals surface area contributed by atoms with Gasteiger partial charge in [-0.2, -0.15) is 0 Å². The van der Waals surface area contributed by atoms with E-state index >= 15 is 0 Å². The molecule has 0 aliphatic carbocycles. The predicted molar refractivity (Wildman–Crippen MR) is 110 cm³/mol. The molecule has 0 bridgehead atoms. The molecule has 6 nitrogen and oxygen atoms in total. The molecule has 146 valence electrons. The Morgan fingerprint density at radius 3 is 3.03 bits per heavy atom. The number of carbonyl (C=O) groups is 1. The van der Waals surface area contributed by atoms with Crippen molar-refractivity contribution in [3.8, 4) is 5.75 Å². The van der Waals surface area contributed by atoms with Gasteiger partial charge in [0.1, 0.15) is 24.6 Å². The number of rotatable bonds is 4. The predicted octanol–water partition coefficient (Wildman–Crippen LogP) is 3.73. The molecule has 29 heavy (non-hydrogen) atoms. The number of aromatic nitrogens is 2. The second-order valence-electron chi connectivity index (χ2n) is 6.65. The van der Waals surface area contributed by atoms with Gasteiger partial charge in [0.05, 0.1) is 5.69 Å². The van der Waals surface area contributed by atoms with E-state index in [1.54, 1.807) is 30.5 Å². The molecule has 4 rings (SSSR count). The van der Waals surface area contributed by atoms with Crippen molar-refractivity contribution >= 4 is 29.3 Å². The standard InChI is InChI=1S/C22H17ClN2O4/c1-14-2-6-20-24-18(10-21(26)25(20)11-14)13-29-22(27)7-3-15-8-16-9-17(23)4-5-19(16)28-12-15/h2-11H,12-13H2,1H3/b7-3+. The molecular weight excluding hydrogens is 392 g/mol. The SMILES string of the molecule is Cc1ccc2nc(COC(=O)/C=C/C3=Cc4cc(Cl)ccc4OC3)cc(=O)n2c1. The molecule has 3 aromatic rings. The van der Waals surface area contributed by atoms with Crippen molar-refractivity contribution in [2.75, 3.05) is 6.61 Å². The van der Waals surface area contributed by atoms with E-state index in [1.165, 1.54) is 16.5 Å². The Labute approximate surface area is 171 Å². The summed E-state index contributed by atoms with van der Waals surface area (Å²) in [5, 5.41) is 0.613. The highest BCUT2D eigenvalue weighted by atomic mass is 35.5. The van der Waals surface area contributed by atoms with Crippen molar-refractivity contribution in [1.82, 2.24) is 9.38 Å². The molecule has 0 amide bonds. The van der Waals surface area contributed by atoms with E-state index < -0.39 is 5.97 Å². The summed E-state index contributed by atoms with van der Waals surface area (Å²) in [7, 11) is 0. The first kappa shape index (κ1) is 19.0. The lowest BCUT2D eigenvalue weighted by atomic mass is 10.1. The summed E-state index contributed by atoms with van der Waals surface area (Å²) < 4.78 is 12.3. The van der Waals surface area contributed by atoms with Crippen molar-refractivity contribution < 1.29 is 14.3 Å². The second-order valence-corrected chi connectivity index (χ2v) is 7.09. The smallest absolute Gasteiger partial charge is 0.331 e. The summed E-state index contributed by atoms with van der Waals surface area (Å²) in [5.41, 5.74) is 3.30. The van der Waals surface area contributed by atoms with Crippen LogP contribution in [0.4, 0.5) is 0 Å². The summed E-state index contributed by atoms with van der Waals surface area (Å²) in [5.74, 6) is 0.215. The van der Waals surface area contributed by atoms with E-state index in [-0.39, 0.29) is 12.2 Å². The number of hydrogen-bond acceptors (Lipinski definition) is 5. The van der Waals surface area contributed by atoms with Crippen LogP contribution >= 0.6 is 11.6 Å². The number of hydrogen-bond donors (Lipinski definition) is 0. The van der Waals surface area contributed by atoms with Gasteiger partial charge in [-0.1, -0.05) is 17.7 Å². The molecular formula is C22H17ClN2O4. The molecule has 1 aromatic carbocycles. The number of nitrogens with zero attached hydrogens (tertiary/aromatic N) is 2. The van der Waals surface area contributed by atoms with Crippen LogP contribution in [0.1, 0.15) is 16.8 Å². The molecule has 0 atom stereocenters. The number of esters is 1. The minimum absolute atomic E-state index is 0.0865. The largest absolute Gasteiger partial charge is 0.488 e. The maximum Gasteiger partial charge on any atom is 0.331 e. The molecule has 2 aromatic heterocycles. The fourth-order valence-corrected chi connectivity index (χ4v) is 3.14. The van der Waals surface area contributed by atoms with Gasteiger partial charge in [0, 0.05) is 28.9 Å². The van der Waals surface area contributed by atoms with E-state index in [4.69, 9.17) is 21.1 Å². The Kier molecular flexibility index (Phi) is 5.18. The molecule has 1 aliphatic rings. The molecule has 0 unspecified atom stereocenters. The third-order valence-electron chi connectivity index (χ3n) is 4.36. The van der Waals surface area contributed by atoms with E-state index in [2.05, 4.69) is 4.98 Å². The highest BCUT2D eigenvalue weighted by Crippen LogP contribution is 2.29. The lowest BCUT2D eigenvalue weighted by Gasteiger charge is -2.16. The van der Waals surface area contributed by atoms with Crippen molar-refractivity contribution in [3.05, 3.63) is 92.5 Å². The molecule has 0 fully saturated rings. The molecule has 1 aliphatic heterocycles. The Bertz CT molecular complexity index is 1230. The monoisotopic (exact) mass is 408 g/mol. The zero-order valence-corrected chi connectivity index (χ0v) is 16.3. The van der Waals surface area contributed by atoms with Crippen molar-refractivity contribution in [2.45, 2.75) is 13.5 Å². The van der Waals surface area contributed by atoms with Crippen LogP contribution in [0.25, 0.3) is 11.7 Å². The van der Waals surface area contributed by atoms with Gasteiger partial charge in [0.2, 0.25) is 0 Å². The minimum Gasteiger partial charge on any atom is -0.488 e. The van der Waals surface area contributed by atoms with Crippen LogP contribution in [-0.4, -0.2) is 22.0 Å².